The second-order valence-electron chi connectivity index (χ2n) is 6.47. The fraction of sp³-hybridized carbons (Fsp3) is 0.933. The normalized spacial score (nSPS) is 36.4. The van der Waals surface area contributed by atoms with Gasteiger partial charge in [0.1, 0.15) is 0 Å². The lowest BCUT2D eigenvalue weighted by Crippen LogP contribution is -2.52. The van der Waals surface area contributed by atoms with Crippen LogP contribution in [-0.4, -0.2) is 37.2 Å². The van der Waals surface area contributed by atoms with Crippen LogP contribution in [0.1, 0.15) is 51.9 Å². The summed E-state index contributed by atoms with van der Waals surface area (Å²) in [6.07, 6.45) is 8.08. The summed E-state index contributed by atoms with van der Waals surface area (Å²) in [6.45, 7) is 4.12. The lowest BCUT2D eigenvalue weighted by molar-refractivity contribution is -0.134. The fourth-order valence-corrected chi connectivity index (χ4v) is 4.09. The maximum Gasteiger partial charge on any atom is 0.226 e. The number of ether oxygens (including phenoxy) is 1. The molecule has 108 valence electrons. The van der Waals surface area contributed by atoms with E-state index in [2.05, 4.69) is 17.6 Å². The molecule has 0 radical (unpaired) electrons. The van der Waals surface area contributed by atoms with Gasteiger partial charge < -0.3 is 15.4 Å². The second-order valence-corrected chi connectivity index (χ2v) is 6.47. The summed E-state index contributed by atoms with van der Waals surface area (Å²) in [7, 11) is 0. The van der Waals surface area contributed by atoms with Gasteiger partial charge in [-0.15, -0.1) is 0 Å². The molecule has 3 atom stereocenters. The highest BCUT2D eigenvalue weighted by molar-refractivity contribution is 5.83. The molecular weight excluding hydrogens is 240 g/mol. The van der Waals surface area contributed by atoms with Gasteiger partial charge in [0.2, 0.25) is 5.91 Å². The molecule has 4 nitrogen and oxygen atoms in total. The van der Waals surface area contributed by atoms with Gasteiger partial charge in [-0.3, -0.25) is 4.79 Å². The molecule has 0 aromatic rings. The van der Waals surface area contributed by atoms with Crippen LogP contribution < -0.4 is 10.6 Å². The van der Waals surface area contributed by atoms with Gasteiger partial charge in [0.05, 0.1) is 23.7 Å². The van der Waals surface area contributed by atoms with Crippen molar-refractivity contribution in [3.63, 3.8) is 0 Å². The van der Waals surface area contributed by atoms with Gasteiger partial charge >= 0.3 is 0 Å². The van der Waals surface area contributed by atoms with Crippen molar-refractivity contribution in [1.29, 1.82) is 0 Å². The Hall–Kier alpha value is -0.610. The average molecular weight is 266 g/mol. The summed E-state index contributed by atoms with van der Waals surface area (Å²) in [4.78, 5) is 12.7. The van der Waals surface area contributed by atoms with E-state index in [1.165, 1.54) is 6.42 Å². The molecule has 0 aromatic carbocycles. The molecule has 3 rings (SSSR count). The van der Waals surface area contributed by atoms with E-state index in [1.807, 2.05) is 0 Å². The molecule has 4 heteroatoms. The molecule has 2 bridgehead atoms. The van der Waals surface area contributed by atoms with Crippen molar-refractivity contribution in [2.24, 2.45) is 5.41 Å². The van der Waals surface area contributed by atoms with Crippen LogP contribution in [0.3, 0.4) is 0 Å². The summed E-state index contributed by atoms with van der Waals surface area (Å²) in [6, 6.07) is 0.273. The first-order chi connectivity index (χ1) is 9.23. The number of hydrogen-bond acceptors (Lipinski definition) is 3. The summed E-state index contributed by atoms with van der Waals surface area (Å²) in [5.41, 5.74) is -0.123. The van der Waals surface area contributed by atoms with E-state index in [9.17, 15) is 4.79 Å². The summed E-state index contributed by atoms with van der Waals surface area (Å²) in [5, 5.41) is 6.68. The van der Waals surface area contributed by atoms with Crippen LogP contribution >= 0.6 is 0 Å². The number of fused-ring (bicyclic) bond motifs is 2. The van der Waals surface area contributed by atoms with Crippen molar-refractivity contribution in [3.8, 4) is 0 Å². The van der Waals surface area contributed by atoms with E-state index in [4.69, 9.17) is 4.74 Å². The maximum absolute atomic E-state index is 12.7. The second kappa shape index (κ2) is 5.41. The fourth-order valence-electron chi connectivity index (χ4n) is 4.09. The number of nitrogens with one attached hydrogen (secondary N) is 2. The van der Waals surface area contributed by atoms with Gasteiger partial charge in [-0.1, -0.05) is 13.3 Å². The Balaban J connectivity index is 1.63. The number of hydrogen-bond donors (Lipinski definition) is 2. The Morgan fingerprint density at radius 3 is 2.74 bits per heavy atom. The Labute approximate surface area is 115 Å². The molecule has 2 N–H and O–H groups in total. The van der Waals surface area contributed by atoms with Gasteiger partial charge in [0.25, 0.3) is 0 Å². The number of carbonyl (C=O) groups is 1. The standard InChI is InChI=1S/C15H26N2O2/c1-2-5-15(6-8-16-9-7-15)14(18)17-12-10-11-3-4-13(12)19-11/h11-13,16H,2-10H2,1H3,(H,17,18). The maximum atomic E-state index is 12.7. The topological polar surface area (TPSA) is 50.4 Å². The van der Waals surface area contributed by atoms with Crippen LogP contribution in [0.25, 0.3) is 0 Å². The van der Waals surface area contributed by atoms with Gasteiger partial charge in [-0.25, -0.2) is 0 Å². The summed E-state index contributed by atoms with van der Waals surface area (Å²) >= 11 is 0. The highest BCUT2D eigenvalue weighted by Gasteiger charge is 2.45. The smallest absolute Gasteiger partial charge is 0.226 e. The Morgan fingerprint density at radius 1 is 1.37 bits per heavy atom. The molecular formula is C15H26N2O2. The van der Waals surface area contributed by atoms with Crippen LogP contribution in [0.2, 0.25) is 0 Å². The van der Waals surface area contributed by atoms with Crippen LogP contribution in [0.15, 0.2) is 0 Å². The Bertz CT molecular complexity index is 334. The van der Waals surface area contributed by atoms with Crippen LogP contribution in [0.5, 0.6) is 0 Å². The summed E-state index contributed by atoms with van der Waals surface area (Å²) < 4.78 is 5.84. The van der Waals surface area contributed by atoms with E-state index in [1.54, 1.807) is 0 Å². The minimum absolute atomic E-state index is 0.123. The van der Waals surface area contributed by atoms with Crippen molar-refractivity contribution in [3.05, 3.63) is 0 Å². The third-order valence-corrected chi connectivity index (χ3v) is 5.19. The Morgan fingerprint density at radius 2 is 2.16 bits per heavy atom. The van der Waals surface area contributed by atoms with Gasteiger partial charge in [0.15, 0.2) is 0 Å². The first kappa shape index (κ1) is 13.4. The van der Waals surface area contributed by atoms with E-state index in [0.29, 0.717) is 6.10 Å². The van der Waals surface area contributed by atoms with Gasteiger partial charge in [-0.2, -0.15) is 0 Å². The third-order valence-electron chi connectivity index (χ3n) is 5.19. The van der Waals surface area contributed by atoms with E-state index in [0.717, 1.165) is 51.6 Å². The first-order valence-electron chi connectivity index (χ1n) is 7.91. The number of piperidine rings is 1. The molecule has 0 saturated carbocycles. The first-order valence-corrected chi connectivity index (χ1v) is 7.91. The van der Waals surface area contributed by atoms with Crippen molar-refractivity contribution in [2.45, 2.75) is 70.1 Å². The van der Waals surface area contributed by atoms with Gasteiger partial charge in [0, 0.05) is 0 Å². The molecule has 0 spiro atoms. The van der Waals surface area contributed by atoms with Crippen molar-refractivity contribution < 1.29 is 9.53 Å². The lowest BCUT2D eigenvalue weighted by atomic mass is 9.74. The predicted molar refractivity (Wildman–Crippen MR) is 73.9 cm³/mol. The zero-order valence-corrected chi connectivity index (χ0v) is 11.9. The van der Waals surface area contributed by atoms with Crippen LogP contribution in [0.4, 0.5) is 0 Å². The van der Waals surface area contributed by atoms with Crippen molar-refractivity contribution in [2.75, 3.05) is 13.1 Å². The molecule has 3 saturated heterocycles. The SMILES string of the molecule is CCCC1(C(=O)NC2CC3CCC2O3)CCNCC1. The van der Waals surface area contributed by atoms with E-state index in [-0.39, 0.29) is 23.5 Å². The molecule has 3 unspecified atom stereocenters. The molecule has 3 aliphatic rings. The Kier molecular flexibility index (Phi) is 3.81. The quantitative estimate of drug-likeness (QED) is 0.812. The van der Waals surface area contributed by atoms with Crippen LogP contribution in [0, 0.1) is 5.41 Å². The molecule has 3 heterocycles. The van der Waals surface area contributed by atoms with Crippen LogP contribution in [-0.2, 0) is 9.53 Å². The predicted octanol–water partition coefficient (Wildman–Crippen LogP) is 1.59. The van der Waals surface area contributed by atoms with Gasteiger partial charge in [-0.05, 0) is 51.6 Å². The van der Waals surface area contributed by atoms with E-state index >= 15 is 0 Å². The minimum Gasteiger partial charge on any atom is -0.373 e. The molecule has 0 aromatic heterocycles. The highest BCUT2D eigenvalue weighted by Crippen LogP contribution is 2.37. The third kappa shape index (κ3) is 2.52. The molecule has 3 aliphatic heterocycles. The largest absolute Gasteiger partial charge is 0.373 e. The molecule has 1 amide bonds. The molecule has 19 heavy (non-hydrogen) atoms. The lowest BCUT2D eigenvalue weighted by Gasteiger charge is -2.37. The average Bonchev–Trinajstić information content (AvgIpc) is 3.02. The summed E-state index contributed by atoms with van der Waals surface area (Å²) in [5.74, 6) is 0.289. The number of rotatable bonds is 4. The van der Waals surface area contributed by atoms with Crippen molar-refractivity contribution in [1.82, 2.24) is 10.6 Å². The zero-order chi connectivity index (χ0) is 13.3. The minimum atomic E-state index is -0.123. The molecule has 3 fully saturated rings. The highest BCUT2D eigenvalue weighted by atomic mass is 16.5. The van der Waals surface area contributed by atoms with Crippen molar-refractivity contribution >= 4 is 5.91 Å². The molecule has 0 aliphatic carbocycles. The number of amides is 1. The van der Waals surface area contributed by atoms with E-state index < -0.39 is 0 Å². The monoisotopic (exact) mass is 266 g/mol. The zero-order valence-electron chi connectivity index (χ0n) is 11.9. The number of carbonyl (C=O) groups excluding carboxylic acids is 1.